The minimum Gasteiger partial charge on any atom is -0.492 e. The lowest BCUT2D eigenvalue weighted by Gasteiger charge is -2.18. The summed E-state index contributed by atoms with van der Waals surface area (Å²) in [7, 11) is 0. The van der Waals surface area contributed by atoms with Crippen LogP contribution in [0, 0.1) is 0 Å². The van der Waals surface area contributed by atoms with Gasteiger partial charge in [0, 0.05) is 6.04 Å². The van der Waals surface area contributed by atoms with Crippen LogP contribution in [-0.4, -0.2) is 17.8 Å². The Morgan fingerprint density at radius 3 is 2.52 bits per heavy atom. The summed E-state index contributed by atoms with van der Waals surface area (Å²) in [4.78, 5) is 0. The van der Waals surface area contributed by atoms with Crippen molar-refractivity contribution in [3.05, 3.63) is 60.2 Å². The summed E-state index contributed by atoms with van der Waals surface area (Å²) in [6.07, 6.45) is 2.06. The third-order valence-electron chi connectivity index (χ3n) is 3.52. The lowest BCUT2D eigenvalue weighted by atomic mass is 10.1. The monoisotopic (exact) mass is 328 g/mol. The first-order valence-corrected chi connectivity index (χ1v) is 8.43. The minimum absolute atomic E-state index is 0.300. The largest absolute Gasteiger partial charge is 0.492 e. The maximum Gasteiger partial charge on any atom is 0.171 e. The van der Waals surface area contributed by atoms with Gasteiger partial charge in [-0.3, -0.25) is 0 Å². The highest BCUT2D eigenvalue weighted by molar-refractivity contribution is 7.80. The summed E-state index contributed by atoms with van der Waals surface area (Å²) >= 11 is 5.41. The number of ether oxygens (including phenoxy) is 1. The van der Waals surface area contributed by atoms with Gasteiger partial charge in [-0.05, 0) is 56.6 Å². The molecule has 23 heavy (non-hydrogen) atoms. The van der Waals surface area contributed by atoms with E-state index in [2.05, 4.69) is 41.8 Å². The van der Waals surface area contributed by atoms with Crippen molar-refractivity contribution in [1.29, 1.82) is 0 Å². The van der Waals surface area contributed by atoms with Crippen LogP contribution in [0.4, 0.5) is 5.69 Å². The van der Waals surface area contributed by atoms with E-state index in [0.717, 1.165) is 24.3 Å². The summed E-state index contributed by atoms with van der Waals surface area (Å²) in [6, 6.07) is 18.6. The summed E-state index contributed by atoms with van der Waals surface area (Å²) in [5, 5.41) is 7.18. The predicted octanol–water partition coefficient (Wildman–Crippen LogP) is 4.39. The minimum atomic E-state index is 0.300. The van der Waals surface area contributed by atoms with Gasteiger partial charge in [0.05, 0.1) is 12.3 Å². The fraction of sp³-hybridized carbons (Fsp3) is 0.316. The van der Waals surface area contributed by atoms with Gasteiger partial charge in [0.1, 0.15) is 5.75 Å². The van der Waals surface area contributed by atoms with E-state index >= 15 is 0 Å². The Labute approximate surface area is 144 Å². The quantitative estimate of drug-likeness (QED) is 0.739. The number of thiocarbonyl (C=S) groups is 1. The second kappa shape index (κ2) is 9.16. The molecule has 0 bridgehead atoms. The van der Waals surface area contributed by atoms with Gasteiger partial charge in [-0.15, -0.1) is 0 Å². The van der Waals surface area contributed by atoms with Crippen LogP contribution in [0.5, 0.6) is 5.75 Å². The molecule has 2 N–H and O–H groups in total. The average molecular weight is 328 g/mol. The number of anilines is 1. The zero-order chi connectivity index (χ0) is 16.5. The molecule has 0 fully saturated rings. The van der Waals surface area contributed by atoms with Gasteiger partial charge in [0.2, 0.25) is 0 Å². The highest BCUT2D eigenvalue weighted by Gasteiger charge is 2.07. The first-order chi connectivity index (χ1) is 11.2. The molecule has 0 aliphatic carbocycles. The fourth-order valence-electron chi connectivity index (χ4n) is 2.33. The van der Waals surface area contributed by atoms with Crippen molar-refractivity contribution < 1.29 is 4.74 Å². The number of rotatable bonds is 7. The van der Waals surface area contributed by atoms with E-state index in [1.165, 1.54) is 5.56 Å². The smallest absolute Gasteiger partial charge is 0.171 e. The molecule has 2 rings (SSSR count). The molecule has 3 nitrogen and oxygen atoms in total. The number of nitrogens with one attached hydrogen (secondary N) is 2. The van der Waals surface area contributed by atoms with Gasteiger partial charge in [-0.1, -0.05) is 42.5 Å². The lowest BCUT2D eigenvalue weighted by molar-refractivity contribution is 0.342. The molecule has 0 heterocycles. The Balaban J connectivity index is 1.82. The summed E-state index contributed by atoms with van der Waals surface area (Å²) in [5.74, 6) is 0.816. The third kappa shape index (κ3) is 5.91. The lowest BCUT2D eigenvalue weighted by Crippen LogP contribution is -2.36. The Bertz CT molecular complexity index is 616. The fourth-order valence-corrected chi connectivity index (χ4v) is 2.64. The van der Waals surface area contributed by atoms with Crippen molar-refractivity contribution in [2.45, 2.75) is 32.7 Å². The van der Waals surface area contributed by atoms with Gasteiger partial charge in [-0.2, -0.15) is 0 Å². The third-order valence-corrected chi connectivity index (χ3v) is 3.74. The van der Waals surface area contributed by atoms with E-state index in [4.69, 9.17) is 17.0 Å². The number of benzene rings is 2. The Kier molecular flexibility index (Phi) is 6.88. The van der Waals surface area contributed by atoms with Gasteiger partial charge < -0.3 is 15.4 Å². The molecule has 4 heteroatoms. The molecule has 0 saturated heterocycles. The van der Waals surface area contributed by atoms with Gasteiger partial charge in [0.15, 0.2) is 5.11 Å². The number of hydrogen-bond acceptors (Lipinski definition) is 2. The average Bonchev–Trinajstić information content (AvgIpc) is 2.56. The molecule has 0 aromatic heterocycles. The van der Waals surface area contributed by atoms with Crippen molar-refractivity contribution in [3.8, 4) is 5.75 Å². The van der Waals surface area contributed by atoms with Crippen LogP contribution in [0.25, 0.3) is 0 Å². The molecule has 2 aromatic rings. The molecule has 0 amide bonds. The van der Waals surface area contributed by atoms with E-state index in [1.54, 1.807) is 0 Å². The predicted molar refractivity (Wildman–Crippen MR) is 101 cm³/mol. The standard InChI is InChI=1S/C19H24N2OS/c1-3-22-18-12-8-7-11-17(18)21-19(23)20-15(2)13-14-16-9-5-4-6-10-16/h4-12,15H,3,13-14H2,1-2H3,(H2,20,21,23). The molecule has 0 aliphatic rings. The first kappa shape index (κ1) is 17.3. The van der Waals surface area contributed by atoms with E-state index in [-0.39, 0.29) is 0 Å². The van der Waals surface area contributed by atoms with E-state index < -0.39 is 0 Å². The second-order valence-electron chi connectivity index (χ2n) is 5.45. The molecule has 0 radical (unpaired) electrons. The highest BCUT2D eigenvalue weighted by Crippen LogP contribution is 2.23. The van der Waals surface area contributed by atoms with Crippen molar-refractivity contribution in [2.24, 2.45) is 0 Å². The second-order valence-corrected chi connectivity index (χ2v) is 5.86. The molecule has 1 atom stereocenters. The summed E-state index contributed by atoms with van der Waals surface area (Å²) in [5.41, 5.74) is 2.24. The Morgan fingerprint density at radius 2 is 1.78 bits per heavy atom. The van der Waals surface area contributed by atoms with Crippen molar-refractivity contribution in [3.63, 3.8) is 0 Å². The number of para-hydroxylation sites is 2. The zero-order valence-corrected chi connectivity index (χ0v) is 14.5. The van der Waals surface area contributed by atoms with E-state index in [0.29, 0.717) is 17.8 Å². The molecule has 0 spiro atoms. The Morgan fingerprint density at radius 1 is 1.09 bits per heavy atom. The van der Waals surface area contributed by atoms with Crippen molar-refractivity contribution in [1.82, 2.24) is 5.32 Å². The van der Waals surface area contributed by atoms with Gasteiger partial charge in [-0.25, -0.2) is 0 Å². The van der Waals surface area contributed by atoms with Gasteiger partial charge >= 0.3 is 0 Å². The van der Waals surface area contributed by atoms with E-state index in [1.807, 2.05) is 37.3 Å². The van der Waals surface area contributed by atoms with Crippen LogP contribution in [0.1, 0.15) is 25.8 Å². The van der Waals surface area contributed by atoms with E-state index in [9.17, 15) is 0 Å². The van der Waals surface area contributed by atoms with Crippen LogP contribution >= 0.6 is 12.2 Å². The maximum atomic E-state index is 5.60. The number of hydrogen-bond donors (Lipinski definition) is 2. The molecule has 122 valence electrons. The molecular weight excluding hydrogens is 304 g/mol. The molecule has 0 saturated carbocycles. The molecule has 1 unspecified atom stereocenters. The molecule has 2 aromatic carbocycles. The molecule has 0 aliphatic heterocycles. The highest BCUT2D eigenvalue weighted by atomic mass is 32.1. The zero-order valence-electron chi connectivity index (χ0n) is 13.7. The summed E-state index contributed by atoms with van der Waals surface area (Å²) in [6.45, 7) is 4.75. The molecular formula is C19H24N2OS. The Hall–Kier alpha value is -2.07. The normalized spacial score (nSPS) is 11.6. The van der Waals surface area contributed by atoms with Crippen molar-refractivity contribution >= 4 is 23.0 Å². The maximum absolute atomic E-state index is 5.60. The van der Waals surface area contributed by atoms with Crippen LogP contribution in [-0.2, 0) is 6.42 Å². The number of aryl methyl sites for hydroxylation is 1. The van der Waals surface area contributed by atoms with Crippen LogP contribution in [0.2, 0.25) is 0 Å². The van der Waals surface area contributed by atoms with Crippen LogP contribution in [0.3, 0.4) is 0 Å². The van der Waals surface area contributed by atoms with Crippen molar-refractivity contribution in [2.75, 3.05) is 11.9 Å². The topological polar surface area (TPSA) is 33.3 Å². The first-order valence-electron chi connectivity index (χ1n) is 8.02. The van der Waals surface area contributed by atoms with Crippen LogP contribution < -0.4 is 15.4 Å². The van der Waals surface area contributed by atoms with Crippen LogP contribution in [0.15, 0.2) is 54.6 Å². The SMILES string of the molecule is CCOc1ccccc1NC(=S)NC(C)CCc1ccccc1. The summed E-state index contributed by atoms with van der Waals surface area (Å²) < 4.78 is 5.60. The van der Waals surface area contributed by atoms with Gasteiger partial charge in [0.25, 0.3) is 0 Å².